The molecule has 1 aromatic carbocycles. The maximum absolute atomic E-state index is 13.3. The molecule has 0 saturated carbocycles. The van der Waals surface area contributed by atoms with Gasteiger partial charge in [-0.05, 0) is 60.4 Å². The number of nitrogens with zero attached hydrogens (tertiary/aromatic N) is 3. The maximum Gasteiger partial charge on any atom is 0.251 e. The molecule has 2 aromatic rings. The standard InChI is InChI=1S/C21H29BrN4O4S/c1-14(2)11-16-12-20(27)24-21(23-16)18-13-17(5-6-19(18)30-15(3)22)31(28,29)26-9-7-25(4)8-10-26/h5-6,12-15H,7-11H2,1-4H3,(H,23,24,27). The second-order valence-corrected chi connectivity index (χ2v) is 11.4. The monoisotopic (exact) mass is 512 g/mol. The number of likely N-dealkylation sites (N-methyl/N-ethyl adjacent to an activating group) is 1. The fourth-order valence-corrected chi connectivity index (χ4v) is 5.12. The first-order valence-electron chi connectivity index (χ1n) is 10.3. The van der Waals surface area contributed by atoms with Crippen LogP contribution in [-0.4, -0.2) is 65.8 Å². The summed E-state index contributed by atoms with van der Waals surface area (Å²) in [5.74, 6) is 1.05. The lowest BCUT2D eigenvalue weighted by atomic mass is 10.1. The van der Waals surface area contributed by atoms with E-state index in [0.717, 1.165) is 0 Å². The minimum absolute atomic E-state index is 0.151. The fraction of sp³-hybridized carbons (Fsp3) is 0.524. The van der Waals surface area contributed by atoms with E-state index in [1.54, 1.807) is 6.07 Å². The number of nitrogens with one attached hydrogen (secondary N) is 1. The molecule has 0 amide bonds. The number of ether oxygens (including phenoxy) is 1. The van der Waals surface area contributed by atoms with Crippen molar-refractivity contribution in [3.05, 3.63) is 40.3 Å². The molecular formula is C21H29BrN4O4S. The molecule has 1 aliphatic rings. The van der Waals surface area contributed by atoms with Crippen LogP contribution in [0, 0.1) is 5.92 Å². The highest BCUT2D eigenvalue weighted by atomic mass is 79.9. The smallest absolute Gasteiger partial charge is 0.251 e. The summed E-state index contributed by atoms with van der Waals surface area (Å²) < 4.78 is 33.8. The van der Waals surface area contributed by atoms with E-state index in [4.69, 9.17) is 4.74 Å². The maximum atomic E-state index is 13.3. The van der Waals surface area contributed by atoms with Gasteiger partial charge in [-0.25, -0.2) is 13.4 Å². The van der Waals surface area contributed by atoms with Crippen molar-refractivity contribution in [3.63, 3.8) is 0 Å². The summed E-state index contributed by atoms with van der Waals surface area (Å²) in [7, 11) is -1.71. The number of benzene rings is 1. The largest absolute Gasteiger partial charge is 0.479 e. The number of H-pyrrole nitrogens is 1. The number of hydrogen-bond donors (Lipinski definition) is 1. The number of halogens is 1. The third-order valence-electron chi connectivity index (χ3n) is 5.01. The molecule has 3 rings (SSSR count). The van der Waals surface area contributed by atoms with Gasteiger partial charge in [0, 0.05) is 37.9 Å². The van der Waals surface area contributed by atoms with Gasteiger partial charge in [-0.1, -0.05) is 13.8 Å². The number of sulfonamides is 1. The fourth-order valence-electron chi connectivity index (χ4n) is 3.47. The Balaban J connectivity index is 2.08. The van der Waals surface area contributed by atoms with Crippen LogP contribution in [0.25, 0.3) is 11.4 Å². The van der Waals surface area contributed by atoms with Gasteiger partial charge in [-0.15, -0.1) is 0 Å². The Morgan fingerprint density at radius 3 is 2.45 bits per heavy atom. The highest BCUT2D eigenvalue weighted by molar-refractivity contribution is 9.09. The predicted molar refractivity (Wildman–Crippen MR) is 124 cm³/mol. The average molecular weight is 513 g/mol. The van der Waals surface area contributed by atoms with E-state index >= 15 is 0 Å². The highest BCUT2D eigenvalue weighted by Gasteiger charge is 2.28. The Morgan fingerprint density at radius 1 is 1.16 bits per heavy atom. The van der Waals surface area contributed by atoms with Crippen LogP contribution in [0.4, 0.5) is 0 Å². The van der Waals surface area contributed by atoms with Gasteiger partial charge >= 0.3 is 0 Å². The summed E-state index contributed by atoms with van der Waals surface area (Å²) >= 11 is 3.36. The van der Waals surface area contributed by atoms with Gasteiger partial charge in [0.05, 0.1) is 10.5 Å². The summed E-state index contributed by atoms with van der Waals surface area (Å²) in [6.45, 7) is 8.14. The Labute approximate surface area is 191 Å². The molecule has 31 heavy (non-hydrogen) atoms. The molecule has 1 aromatic heterocycles. The molecule has 1 N–H and O–H groups in total. The van der Waals surface area contributed by atoms with Crippen molar-refractivity contribution in [2.45, 2.75) is 37.1 Å². The summed E-state index contributed by atoms with van der Waals surface area (Å²) in [4.78, 5) is 21.9. The number of piperazine rings is 1. The predicted octanol–water partition coefficient (Wildman–Crippen LogP) is 2.69. The van der Waals surface area contributed by atoms with Gasteiger partial charge in [0.25, 0.3) is 5.56 Å². The number of rotatable bonds is 7. The highest BCUT2D eigenvalue weighted by Crippen LogP contribution is 2.32. The SMILES string of the molecule is CC(C)Cc1cc(=O)[nH]c(-c2cc(S(=O)(=O)N3CCN(C)CC3)ccc2OC(C)Br)n1. The van der Waals surface area contributed by atoms with E-state index in [9.17, 15) is 13.2 Å². The molecule has 0 bridgehead atoms. The van der Waals surface area contributed by atoms with Crippen LogP contribution in [0.15, 0.2) is 34.0 Å². The van der Waals surface area contributed by atoms with Crippen LogP contribution >= 0.6 is 15.9 Å². The number of aromatic amines is 1. The molecule has 0 spiro atoms. The molecule has 1 unspecified atom stereocenters. The van der Waals surface area contributed by atoms with Gasteiger partial charge in [0.1, 0.15) is 11.6 Å². The molecule has 0 radical (unpaired) electrons. The number of alkyl halides is 1. The van der Waals surface area contributed by atoms with Crippen LogP contribution in [0.3, 0.4) is 0 Å². The minimum atomic E-state index is -3.68. The third kappa shape index (κ3) is 5.94. The second kappa shape index (κ2) is 9.81. The molecule has 1 fully saturated rings. The van der Waals surface area contributed by atoms with Gasteiger partial charge < -0.3 is 14.6 Å². The Hall–Kier alpha value is -1.75. The van der Waals surface area contributed by atoms with Crippen molar-refractivity contribution in [1.29, 1.82) is 0 Å². The molecule has 1 atom stereocenters. The van der Waals surface area contributed by atoms with E-state index in [-0.39, 0.29) is 15.5 Å². The molecule has 2 heterocycles. The average Bonchev–Trinajstić information content (AvgIpc) is 2.67. The van der Waals surface area contributed by atoms with Gasteiger partial charge in [0.2, 0.25) is 10.0 Å². The van der Waals surface area contributed by atoms with E-state index < -0.39 is 10.0 Å². The zero-order valence-corrected chi connectivity index (χ0v) is 20.7. The quantitative estimate of drug-likeness (QED) is 0.573. The summed E-state index contributed by atoms with van der Waals surface area (Å²) in [6.07, 6.45) is 0.640. The van der Waals surface area contributed by atoms with Gasteiger partial charge in [-0.3, -0.25) is 4.79 Å². The molecule has 1 saturated heterocycles. The van der Waals surface area contributed by atoms with Crippen LogP contribution in [-0.2, 0) is 16.4 Å². The lowest BCUT2D eigenvalue weighted by Crippen LogP contribution is -2.47. The van der Waals surface area contributed by atoms with Gasteiger partial charge in [-0.2, -0.15) is 4.31 Å². The first-order chi connectivity index (χ1) is 14.6. The Morgan fingerprint density at radius 2 is 1.84 bits per heavy atom. The van der Waals surface area contributed by atoms with E-state index in [2.05, 4.69) is 30.8 Å². The van der Waals surface area contributed by atoms with Crippen molar-refractivity contribution >= 4 is 26.0 Å². The Bertz CT molecular complexity index is 1080. The topological polar surface area (TPSA) is 95.6 Å². The van der Waals surface area contributed by atoms with E-state index in [1.165, 1.54) is 22.5 Å². The van der Waals surface area contributed by atoms with Crippen molar-refractivity contribution in [3.8, 4) is 17.1 Å². The van der Waals surface area contributed by atoms with Crippen LogP contribution < -0.4 is 10.3 Å². The van der Waals surface area contributed by atoms with Crippen LogP contribution in [0.2, 0.25) is 0 Å². The summed E-state index contributed by atoms with van der Waals surface area (Å²) in [5, 5.41) is -0.308. The third-order valence-corrected chi connectivity index (χ3v) is 7.09. The number of aromatic nitrogens is 2. The molecular weight excluding hydrogens is 484 g/mol. The zero-order valence-electron chi connectivity index (χ0n) is 18.3. The lowest BCUT2D eigenvalue weighted by molar-refractivity contribution is 0.222. The molecule has 8 nitrogen and oxygen atoms in total. The van der Waals surface area contributed by atoms with Crippen LogP contribution in [0.1, 0.15) is 26.5 Å². The summed E-state index contributed by atoms with van der Waals surface area (Å²) in [5.41, 5.74) is 0.800. The first kappa shape index (κ1) is 23.9. The van der Waals surface area contributed by atoms with Crippen LogP contribution in [0.5, 0.6) is 5.75 Å². The second-order valence-electron chi connectivity index (χ2n) is 8.21. The Kier molecular flexibility index (Phi) is 7.56. The molecule has 10 heteroatoms. The first-order valence-corrected chi connectivity index (χ1v) is 12.7. The normalized spacial score (nSPS) is 17.1. The van der Waals surface area contributed by atoms with E-state index in [0.29, 0.717) is 61.3 Å². The zero-order chi connectivity index (χ0) is 22.8. The molecule has 1 aliphatic heterocycles. The van der Waals surface area contributed by atoms with Crippen molar-refractivity contribution < 1.29 is 13.2 Å². The molecule has 0 aliphatic carbocycles. The summed E-state index contributed by atoms with van der Waals surface area (Å²) in [6, 6.07) is 6.17. The van der Waals surface area contributed by atoms with Crippen molar-refractivity contribution in [2.24, 2.45) is 5.92 Å². The molecule has 170 valence electrons. The lowest BCUT2D eigenvalue weighted by Gasteiger charge is -2.31. The van der Waals surface area contributed by atoms with E-state index in [1.807, 2.05) is 27.8 Å². The van der Waals surface area contributed by atoms with Crippen molar-refractivity contribution in [2.75, 3.05) is 33.2 Å². The minimum Gasteiger partial charge on any atom is -0.479 e. The van der Waals surface area contributed by atoms with Gasteiger partial charge in [0.15, 0.2) is 5.01 Å². The number of hydrogen-bond acceptors (Lipinski definition) is 6. The van der Waals surface area contributed by atoms with Crippen molar-refractivity contribution in [1.82, 2.24) is 19.2 Å².